The fourth-order valence-electron chi connectivity index (χ4n) is 1.92. The summed E-state index contributed by atoms with van der Waals surface area (Å²) in [4.78, 5) is 23.1. The molecule has 1 atom stereocenters. The van der Waals surface area contributed by atoms with E-state index < -0.39 is 11.4 Å². The van der Waals surface area contributed by atoms with Crippen LogP contribution in [0.3, 0.4) is 0 Å². The quantitative estimate of drug-likeness (QED) is 0.837. The summed E-state index contributed by atoms with van der Waals surface area (Å²) in [6.45, 7) is 7.27. The van der Waals surface area contributed by atoms with Gasteiger partial charge in [0.15, 0.2) is 0 Å². The fourth-order valence-corrected chi connectivity index (χ4v) is 1.92. The Morgan fingerprint density at radius 3 is 2.25 bits per heavy atom. The summed E-state index contributed by atoms with van der Waals surface area (Å²) in [5.74, 6) is -0.891. The summed E-state index contributed by atoms with van der Waals surface area (Å²) in [6.07, 6.45) is 1.83. The van der Waals surface area contributed by atoms with Gasteiger partial charge in [-0.3, -0.25) is 9.59 Å². The van der Waals surface area contributed by atoms with Crippen molar-refractivity contribution in [2.24, 2.45) is 5.92 Å². The molecule has 0 fully saturated rings. The third-order valence-corrected chi connectivity index (χ3v) is 3.58. The molecule has 0 aliphatic carbocycles. The summed E-state index contributed by atoms with van der Waals surface area (Å²) >= 11 is 0. The van der Waals surface area contributed by atoms with Crippen molar-refractivity contribution >= 4 is 17.6 Å². The van der Waals surface area contributed by atoms with E-state index in [4.69, 9.17) is 0 Å². The van der Waals surface area contributed by atoms with E-state index in [-0.39, 0.29) is 11.8 Å². The molecular formula is C16H23NO3. The first-order chi connectivity index (χ1) is 9.28. The minimum atomic E-state index is -0.932. The Kier molecular flexibility index (Phi) is 5.31. The lowest BCUT2D eigenvalue weighted by molar-refractivity contribution is -0.142. The Hall–Kier alpha value is -1.84. The van der Waals surface area contributed by atoms with Crippen LogP contribution in [0, 0.1) is 5.92 Å². The van der Waals surface area contributed by atoms with Crippen LogP contribution in [-0.2, 0) is 15.0 Å². The van der Waals surface area contributed by atoms with Crippen molar-refractivity contribution in [1.29, 1.82) is 0 Å². The van der Waals surface area contributed by atoms with Crippen LogP contribution in [0.5, 0.6) is 0 Å². The maximum Gasteiger partial charge on any atom is 0.313 e. The van der Waals surface area contributed by atoms with Crippen LogP contribution >= 0.6 is 0 Å². The Balaban J connectivity index is 2.77. The lowest BCUT2D eigenvalue weighted by Gasteiger charge is -2.20. The Labute approximate surface area is 120 Å². The molecule has 0 saturated carbocycles. The molecule has 2 N–H and O–H groups in total. The van der Waals surface area contributed by atoms with E-state index in [0.717, 1.165) is 12.8 Å². The minimum Gasteiger partial charge on any atom is -0.481 e. The van der Waals surface area contributed by atoms with Gasteiger partial charge in [0.1, 0.15) is 0 Å². The van der Waals surface area contributed by atoms with Crippen LogP contribution in [0.25, 0.3) is 0 Å². The van der Waals surface area contributed by atoms with Gasteiger partial charge in [0.2, 0.25) is 5.91 Å². The van der Waals surface area contributed by atoms with Crippen molar-refractivity contribution in [3.05, 3.63) is 29.8 Å². The van der Waals surface area contributed by atoms with Crippen molar-refractivity contribution < 1.29 is 14.7 Å². The first kappa shape index (κ1) is 16.2. The number of hydrogen-bond acceptors (Lipinski definition) is 2. The molecular weight excluding hydrogens is 254 g/mol. The minimum absolute atomic E-state index is 0.00269. The number of benzene rings is 1. The third kappa shape index (κ3) is 3.83. The molecule has 0 aliphatic heterocycles. The monoisotopic (exact) mass is 277 g/mol. The summed E-state index contributed by atoms with van der Waals surface area (Å²) in [7, 11) is 0. The standard InChI is InChI=1S/C16H23NO3/c1-5-6-11(2)14(18)17-13-9-7-12(8-10-13)16(3,4)15(19)20/h7-11H,5-6H2,1-4H3,(H,17,18)(H,19,20). The van der Waals surface area contributed by atoms with Gasteiger partial charge in [0.05, 0.1) is 5.41 Å². The number of rotatable bonds is 6. The number of aliphatic carboxylic acids is 1. The molecule has 0 spiro atoms. The van der Waals surface area contributed by atoms with Gasteiger partial charge in [-0.25, -0.2) is 0 Å². The average Bonchev–Trinajstić information content (AvgIpc) is 2.39. The molecule has 1 rings (SSSR count). The second-order valence-corrected chi connectivity index (χ2v) is 5.69. The third-order valence-electron chi connectivity index (χ3n) is 3.58. The zero-order chi connectivity index (χ0) is 15.3. The summed E-state index contributed by atoms with van der Waals surface area (Å²) < 4.78 is 0. The number of hydrogen-bond donors (Lipinski definition) is 2. The smallest absolute Gasteiger partial charge is 0.313 e. The van der Waals surface area contributed by atoms with Crippen LogP contribution in [0.4, 0.5) is 5.69 Å². The normalized spacial score (nSPS) is 12.8. The van der Waals surface area contributed by atoms with Gasteiger partial charge >= 0.3 is 5.97 Å². The van der Waals surface area contributed by atoms with Crippen molar-refractivity contribution in [2.45, 2.75) is 46.0 Å². The largest absolute Gasteiger partial charge is 0.481 e. The second kappa shape index (κ2) is 6.55. The zero-order valence-corrected chi connectivity index (χ0v) is 12.6. The van der Waals surface area contributed by atoms with E-state index in [1.54, 1.807) is 38.1 Å². The number of nitrogens with one attached hydrogen (secondary N) is 1. The summed E-state index contributed by atoms with van der Waals surface area (Å²) in [6, 6.07) is 6.98. The summed E-state index contributed by atoms with van der Waals surface area (Å²) in [5.41, 5.74) is 0.477. The van der Waals surface area contributed by atoms with Gasteiger partial charge in [-0.2, -0.15) is 0 Å². The Morgan fingerprint density at radius 1 is 1.25 bits per heavy atom. The molecule has 0 bridgehead atoms. The molecule has 1 unspecified atom stereocenters. The van der Waals surface area contributed by atoms with Crippen LogP contribution in [0.15, 0.2) is 24.3 Å². The highest BCUT2D eigenvalue weighted by Crippen LogP contribution is 2.25. The van der Waals surface area contributed by atoms with E-state index in [1.165, 1.54) is 0 Å². The van der Waals surface area contributed by atoms with E-state index in [9.17, 15) is 14.7 Å². The van der Waals surface area contributed by atoms with Crippen LogP contribution in [-0.4, -0.2) is 17.0 Å². The molecule has 1 amide bonds. The molecule has 110 valence electrons. The van der Waals surface area contributed by atoms with E-state index in [2.05, 4.69) is 5.32 Å². The number of carboxylic acid groups (broad SMARTS) is 1. The number of carbonyl (C=O) groups excluding carboxylic acids is 1. The molecule has 1 aromatic rings. The van der Waals surface area contributed by atoms with Gasteiger partial charge in [-0.05, 0) is 38.0 Å². The topological polar surface area (TPSA) is 66.4 Å². The maximum absolute atomic E-state index is 11.9. The lowest BCUT2D eigenvalue weighted by Crippen LogP contribution is -2.28. The maximum atomic E-state index is 11.9. The molecule has 1 aromatic carbocycles. The highest BCUT2D eigenvalue weighted by Gasteiger charge is 2.29. The molecule has 0 saturated heterocycles. The first-order valence-electron chi connectivity index (χ1n) is 6.93. The molecule has 0 aromatic heterocycles. The average molecular weight is 277 g/mol. The number of carboxylic acids is 1. The predicted molar refractivity (Wildman–Crippen MR) is 79.8 cm³/mol. The van der Waals surface area contributed by atoms with E-state index >= 15 is 0 Å². The van der Waals surface area contributed by atoms with Gasteiger partial charge in [0, 0.05) is 11.6 Å². The Bertz CT molecular complexity index is 477. The first-order valence-corrected chi connectivity index (χ1v) is 6.93. The molecule has 4 heteroatoms. The van der Waals surface area contributed by atoms with Gasteiger partial charge in [-0.1, -0.05) is 32.4 Å². The van der Waals surface area contributed by atoms with Gasteiger partial charge in [-0.15, -0.1) is 0 Å². The predicted octanol–water partition coefficient (Wildman–Crippen LogP) is 3.42. The molecule has 0 radical (unpaired) electrons. The number of carbonyl (C=O) groups is 2. The number of anilines is 1. The lowest BCUT2D eigenvalue weighted by atomic mass is 9.85. The highest BCUT2D eigenvalue weighted by molar-refractivity contribution is 5.92. The SMILES string of the molecule is CCCC(C)C(=O)Nc1ccc(C(C)(C)C(=O)O)cc1. The van der Waals surface area contributed by atoms with E-state index in [0.29, 0.717) is 11.3 Å². The molecule has 20 heavy (non-hydrogen) atoms. The van der Waals surface area contributed by atoms with Crippen LogP contribution < -0.4 is 5.32 Å². The van der Waals surface area contributed by atoms with E-state index in [1.807, 2.05) is 13.8 Å². The molecule has 0 aliphatic rings. The highest BCUT2D eigenvalue weighted by atomic mass is 16.4. The fraction of sp³-hybridized carbons (Fsp3) is 0.500. The van der Waals surface area contributed by atoms with Crippen molar-refractivity contribution in [3.63, 3.8) is 0 Å². The van der Waals surface area contributed by atoms with Crippen molar-refractivity contribution in [3.8, 4) is 0 Å². The molecule has 0 heterocycles. The number of amides is 1. The van der Waals surface area contributed by atoms with Crippen molar-refractivity contribution in [1.82, 2.24) is 0 Å². The summed E-state index contributed by atoms with van der Waals surface area (Å²) in [5, 5.41) is 12.0. The Morgan fingerprint density at radius 2 is 1.80 bits per heavy atom. The second-order valence-electron chi connectivity index (χ2n) is 5.69. The van der Waals surface area contributed by atoms with Crippen LogP contribution in [0.1, 0.15) is 46.1 Å². The van der Waals surface area contributed by atoms with Crippen LogP contribution in [0.2, 0.25) is 0 Å². The van der Waals surface area contributed by atoms with Crippen molar-refractivity contribution in [2.75, 3.05) is 5.32 Å². The van der Waals surface area contributed by atoms with Gasteiger partial charge in [0.25, 0.3) is 0 Å². The molecule has 4 nitrogen and oxygen atoms in total. The van der Waals surface area contributed by atoms with Gasteiger partial charge < -0.3 is 10.4 Å². The zero-order valence-electron chi connectivity index (χ0n) is 12.6.